The average molecular weight is 497 g/mol. The standard InChI is InChI=1S/C26H28N2O6S/c29-24(28-10-12-35-15-22(28)25(30)31)23-16(9-11-33-23)13-27-26(32)34-14-21-19-7-3-1-5-17(19)18-6-2-4-8-20(18)21/h1-8,16,21-23H,9-15H2,(H,27,32)(H,30,31). The zero-order chi connectivity index (χ0) is 24.4. The van der Waals surface area contributed by atoms with Gasteiger partial charge in [-0.25, -0.2) is 9.59 Å². The van der Waals surface area contributed by atoms with E-state index < -0.39 is 24.2 Å². The number of carbonyl (C=O) groups is 3. The van der Waals surface area contributed by atoms with Crippen molar-refractivity contribution in [3.63, 3.8) is 0 Å². The number of alkyl carbamates (subject to hydrolysis) is 1. The lowest BCUT2D eigenvalue weighted by Gasteiger charge is -2.35. The van der Waals surface area contributed by atoms with Gasteiger partial charge in [-0.15, -0.1) is 0 Å². The number of thioether (sulfide) groups is 1. The van der Waals surface area contributed by atoms with Crippen LogP contribution in [0.15, 0.2) is 48.5 Å². The van der Waals surface area contributed by atoms with E-state index in [0.29, 0.717) is 31.1 Å². The van der Waals surface area contributed by atoms with Gasteiger partial charge in [-0.3, -0.25) is 4.79 Å². The third-order valence-electron chi connectivity index (χ3n) is 7.01. The summed E-state index contributed by atoms with van der Waals surface area (Å²) in [5.74, 6) is -0.498. The topological polar surface area (TPSA) is 105 Å². The van der Waals surface area contributed by atoms with E-state index in [1.165, 1.54) is 16.7 Å². The lowest BCUT2D eigenvalue weighted by atomic mass is 9.98. The normalized spacial score (nSPS) is 23.4. The summed E-state index contributed by atoms with van der Waals surface area (Å²) in [6.45, 7) is 1.23. The van der Waals surface area contributed by atoms with Crippen LogP contribution in [0.1, 0.15) is 23.5 Å². The van der Waals surface area contributed by atoms with Gasteiger partial charge in [-0.1, -0.05) is 48.5 Å². The van der Waals surface area contributed by atoms with Gasteiger partial charge in [0.2, 0.25) is 0 Å². The zero-order valence-electron chi connectivity index (χ0n) is 19.2. The molecule has 3 unspecified atom stereocenters. The predicted octanol–water partition coefficient (Wildman–Crippen LogP) is 2.96. The Labute approximate surface area is 208 Å². The molecule has 0 spiro atoms. The van der Waals surface area contributed by atoms with Gasteiger partial charge in [-0.2, -0.15) is 11.8 Å². The van der Waals surface area contributed by atoms with E-state index in [1.54, 1.807) is 0 Å². The Balaban J connectivity index is 1.17. The Morgan fingerprint density at radius 3 is 2.46 bits per heavy atom. The molecule has 2 aromatic carbocycles. The predicted molar refractivity (Wildman–Crippen MR) is 131 cm³/mol. The third kappa shape index (κ3) is 4.75. The zero-order valence-corrected chi connectivity index (χ0v) is 20.0. The van der Waals surface area contributed by atoms with Crippen LogP contribution in [-0.4, -0.2) is 77.9 Å². The van der Waals surface area contributed by atoms with E-state index in [2.05, 4.69) is 29.6 Å². The highest BCUT2D eigenvalue weighted by Crippen LogP contribution is 2.44. The summed E-state index contributed by atoms with van der Waals surface area (Å²) in [6.07, 6.45) is -0.683. The van der Waals surface area contributed by atoms with Crippen LogP contribution in [0.4, 0.5) is 4.79 Å². The monoisotopic (exact) mass is 496 g/mol. The van der Waals surface area contributed by atoms with Crippen LogP contribution in [0.2, 0.25) is 0 Å². The molecule has 3 atom stereocenters. The van der Waals surface area contributed by atoms with Gasteiger partial charge in [0, 0.05) is 43.0 Å². The second kappa shape index (κ2) is 10.3. The number of hydrogen-bond donors (Lipinski definition) is 2. The van der Waals surface area contributed by atoms with Crippen molar-refractivity contribution in [1.29, 1.82) is 0 Å². The number of carboxylic acids is 1. The van der Waals surface area contributed by atoms with Crippen LogP contribution in [-0.2, 0) is 19.1 Å². The summed E-state index contributed by atoms with van der Waals surface area (Å²) in [4.78, 5) is 38.6. The molecule has 2 saturated heterocycles. The highest BCUT2D eigenvalue weighted by Gasteiger charge is 2.41. The first kappa shape index (κ1) is 23.7. The number of benzene rings is 2. The quantitative estimate of drug-likeness (QED) is 0.634. The molecule has 2 heterocycles. The summed E-state index contributed by atoms with van der Waals surface area (Å²) in [5, 5.41) is 12.3. The summed E-state index contributed by atoms with van der Waals surface area (Å²) in [5.41, 5.74) is 4.61. The molecule has 0 radical (unpaired) electrons. The fourth-order valence-electron chi connectivity index (χ4n) is 5.22. The number of amides is 2. The van der Waals surface area contributed by atoms with Crippen molar-refractivity contribution >= 4 is 29.7 Å². The largest absolute Gasteiger partial charge is 0.480 e. The fraction of sp³-hybridized carbons (Fsp3) is 0.423. The van der Waals surface area contributed by atoms with E-state index in [-0.39, 0.29) is 30.9 Å². The van der Waals surface area contributed by atoms with Crippen LogP contribution < -0.4 is 5.32 Å². The maximum Gasteiger partial charge on any atom is 0.407 e. The van der Waals surface area contributed by atoms with Crippen LogP contribution in [0.3, 0.4) is 0 Å². The van der Waals surface area contributed by atoms with Crippen molar-refractivity contribution in [1.82, 2.24) is 10.2 Å². The number of carbonyl (C=O) groups excluding carboxylic acids is 2. The number of carboxylic acid groups (broad SMARTS) is 1. The minimum atomic E-state index is -1.00. The molecule has 2 fully saturated rings. The molecule has 0 bridgehead atoms. The van der Waals surface area contributed by atoms with Crippen LogP contribution >= 0.6 is 11.8 Å². The van der Waals surface area contributed by atoms with Gasteiger partial charge >= 0.3 is 12.1 Å². The van der Waals surface area contributed by atoms with Gasteiger partial charge < -0.3 is 24.8 Å². The molecule has 2 N–H and O–H groups in total. The Kier molecular flexibility index (Phi) is 6.97. The SMILES string of the molecule is O=C(NCC1CCOC1C(=O)N1CCSCC1C(=O)O)OCC1c2ccccc2-c2ccccc21. The van der Waals surface area contributed by atoms with Gasteiger partial charge in [0.25, 0.3) is 5.91 Å². The van der Waals surface area contributed by atoms with Gasteiger partial charge in [-0.05, 0) is 28.7 Å². The molecular weight excluding hydrogens is 468 g/mol. The number of rotatable bonds is 6. The molecule has 0 aromatic heterocycles. The molecule has 8 nitrogen and oxygen atoms in total. The summed E-state index contributed by atoms with van der Waals surface area (Å²) in [6, 6.07) is 15.5. The maximum absolute atomic E-state index is 13.1. The van der Waals surface area contributed by atoms with Crippen molar-refractivity contribution in [3.8, 4) is 11.1 Å². The van der Waals surface area contributed by atoms with Gasteiger partial charge in [0.05, 0.1) is 0 Å². The molecular formula is C26H28N2O6S. The number of ether oxygens (including phenoxy) is 2. The van der Waals surface area contributed by atoms with E-state index in [4.69, 9.17) is 9.47 Å². The molecule has 184 valence electrons. The fourth-order valence-corrected chi connectivity index (χ4v) is 6.25. The molecule has 5 rings (SSSR count). The Morgan fingerprint density at radius 1 is 1.09 bits per heavy atom. The summed E-state index contributed by atoms with van der Waals surface area (Å²) < 4.78 is 11.3. The summed E-state index contributed by atoms with van der Waals surface area (Å²) in [7, 11) is 0. The first-order valence-corrected chi connectivity index (χ1v) is 13.0. The third-order valence-corrected chi connectivity index (χ3v) is 8.03. The summed E-state index contributed by atoms with van der Waals surface area (Å²) >= 11 is 1.53. The number of fused-ring (bicyclic) bond motifs is 3. The van der Waals surface area contributed by atoms with Crippen molar-refractivity contribution in [2.45, 2.75) is 24.5 Å². The van der Waals surface area contributed by atoms with Crippen LogP contribution in [0.5, 0.6) is 0 Å². The highest BCUT2D eigenvalue weighted by atomic mass is 32.2. The average Bonchev–Trinajstić information content (AvgIpc) is 3.48. The Morgan fingerprint density at radius 2 is 1.77 bits per heavy atom. The molecule has 1 aliphatic carbocycles. The Hall–Kier alpha value is -3.04. The number of nitrogens with zero attached hydrogens (tertiary/aromatic N) is 1. The molecule has 2 amide bonds. The molecule has 2 aliphatic heterocycles. The van der Waals surface area contributed by atoms with Gasteiger partial charge in [0.15, 0.2) is 0 Å². The first-order chi connectivity index (χ1) is 17.0. The molecule has 9 heteroatoms. The number of nitrogens with one attached hydrogen (secondary N) is 1. The minimum Gasteiger partial charge on any atom is -0.480 e. The highest BCUT2D eigenvalue weighted by molar-refractivity contribution is 7.99. The number of aliphatic carboxylic acids is 1. The van der Waals surface area contributed by atoms with E-state index >= 15 is 0 Å². The smallest absolute Gasteiger partial charge is 0.407 e. The van der Waals surface area contributed by atoms with Crippen molar-refractivity contribution in [2.24, 2.45) is 5.92 Å². The second-order valence-corrected chi connectivity index (χ2v) is 10.2. The van der Waals surface area contributed by atoms with Crippen molar-refractivity contribution in [2.75, 3.05) is 37.8 Å². The van der Waals surface area contributed by atoms with Crippen LogP contribution in [0, 0.1) is 5.92 Å². The van der Waals surface area contributed by atoms with Crippen molar-refractivity contribution in [3.05, 3.63) is 59.7 Å². The Bertz CT molecular complexity index is 1080. The molecule has 3 aliphatic rings. The molecule has 0 saturated carbocycles. The minimum absolute atomic E-state index is 0.0257. The number of hydrogen-bond acceptors (Lipinski definition) is 6. The van der Waals surface area contributed by atoms with E-state index in [1.807, 2.05) is 24.3 Å². The maximum atomic E-state index is 13.1. The van der Waals surface area contributed by atoms with Crippen LogP contribution in [0.25, 0.3) is 11.1 Å². The van der Waals surface area contributed by atoms with Crippen molar-refractivity contribution < 1.29 is 29.0 Å². The molecule has 35 heavy (non-hydrogen) atoms. The van der Waals surface area contributed by atoms with E-state index in [9.17, 15) is 19.5 Å². The second-order valence-electron chi connectivity index (χ2n) is 9.01. The lowest BCUT2D eigenvalue weighted by Crippen LogP contribution is -2.55. The lowest BCUT2D eigenvalue weighted by molar-refractivity contribution is -0.154. The molecule has 2 aromatic rings. The van der Waals surface area contributed by atoms with E-state index in [0.717, 1.165) is 22.3 Å². The first-order valence-electron chi connectivity index (χ1n) is 11.9. The van der Waals surface area contributed by atoms with Gasteiger partial charge in [0.1, 0.15) is 18.8 Å².